The van der Waals surface area contributed by atoms with Gasteiger partial charge in [0.05, 0.1) is 18.3 Å². The van der Waals surface area contributed by atoms with Crippen molar-refractivity contribution in [3.8, 4) is 0 Å². The highest BCUT2D eigenvalue weighted by Gasteiger charge is 2.55. The molecule has 5 N–H and O–H groups in total. The summed E-state index contributed by atoms with van der Waals surface area (Å²) < 4.78 is 44.2. The number of ether oxygens (including phenoxy) is 8. The molecule has 0 aromatic carbocycles. The molecule has 3 rings (SSSR count). The third-order valence-corrected chi connectivity index (χ3v) is 6.79. The third-order valence-electron chi connectivity index (χ3n) is 6.79. The minimum Gasteiger partial charge on any atom is -0.457 e. The number of aliphatic hydroxyl groups is 5. The Balaban J connectivity index is 1.93. The molecule has 16 heteroatoms. The van der Waals surface area contributed by atoms with Crippen molar-refractivity contribution in [1.82, 2.24) is 0 Å². The maximum Gasteiger partial charge on any atom is 0.303 e. The summed E-state index contributed by atoms with van der Waals surface area (Å²) in [6.07, 6.45) is -21.4. The van der Waals surface area contributed by atoms with Gasteiger partial charge in [0.25, 0.3) is 0 Å². The van der Waals surface area contributed by atoms with Crippen molar-refractivity contribution in [2.45, 2.75) is 134 Å². The Hall–Kier alpha value is -1.99. The summed E-state index contributed by atoms with van der Waals surface area (Å²) in [5.41, 5.74) is 0. The summed E-state index contributed by atoms with van der Waals surface area (Å²) in [5, 5.41) is 52.4. The Morgan fingerprint density at radius 3 is 1.55 bits per heavy atom. The summed E-state index contributed by atoms with van der Waals surface area (Å²) >= 11 is 0. The largest absolute Gasteiger partial charge is 0.457 e. The molecule has 0 saturated carbocycles. The van der Waals surface area contributed by atoms with Gasteiger partial charge in [-0.1, -0.05) is 0 Å². The maximum absolute atomic E-state index is 12.1. The Morgan fingerprint density at radius 2 is 0.975 bits per heavy atom. The van der Waals surface area contributed by atoms with Gasteiger partial charge in [-0.3, -0.25) is 14.4 Å². The molecule has 230 valence electrons. The molecule has 15 atom stereocenters. The molecule has 3 fully saturated rings. The number of hydrogen-bond acceptors (Lipinski definition) is 16. The average molecular weight is 583 g/mol. The molecular weight excluding hydrogens is 544 g/mol. The molecule has 0 aromatic heterocycles. The van der Waals surface area contributed by atoms with E-state index in [4.69, 9.17) is 37.9 Å². The number of rotatable bonds is 7. The summed E-state index contributed by atoms with van der Waals surface area (Å²) in [6.45, 7) is 7.68. The van der Waals surface area contributed by atoms with E-state index in [1.807, 2.05) is 0 Å². The zero-order valence-corrected chi connectivity index (χ0v) is 22.9. The van der Waals surface area contributed by atoms with E-state index in [1.54, 1.807) is 0 Å². The number of carbonyl (C=O) groups excluding carboxylic acids is 3. The van der Waals surface area contributed by atoms with Gasteiger partial charge < -0.3 is 63.4 Å². The maximum atomic E-state index is 12.1. The first-order chi connectivity index (χ1) is 18.6. The van der Waals surface area contributed by atoms with E-state index in [2.05, 4.69) is 0 Å². The zero-order valence-electron chi connectivity index (χ0n) is 22.9. The van der Waals surface area contributed by atoms with Crippen molar-refractivity contribution in [2.75, 3.05) is 0 Å². The molecule has 0 amide bonds. The summed E-state index contributed by atoms with van der Waals surface area (Å²) in [6, 6.07) is 0. The highest BCUT2D eigenvalue weighted by Crippen LogP contribution is 2.35. The predicted molar refractivity (Wildman–Crippen MR) is 126 cm³/mol. The van der Waals surface area contributed by atoms with Crippen LogP contribution in [0.15, 0.2) is 0 Å². The average Bonchev–Trinajstić information content (AvgIpc) is 2.85. The second-order valence-corrected chi connectivity index (χ2v) is 10.0. The lowest BCUT2D eigenvalue weighted by molar-refractivity contribution is -0.374. The van der Waals surface area contributed by atoms with E-state index in [1.165, 1.54) is 20.8 Å². The second kappa shape index (κ2) is 13.3. The standard InChI is InChI=1S/C24H38O16/c1-7-13(28)19(16(31)22(32)33-7)39-24-21(38-12(6)27)20(18(9(3)35-24)37-11(5)26)40-23-15(30)14(29)17(8(2)34-23)36-10(4)25/h7-9,13-24,28-32H,1-6H3/t7-,8-,9-,13-,14-,15+,16+,17-,18-,19+,20+,21+,22+,23-,24-/m0/s1. The Kier molecular flexibility index (Phi) is 10.8. The molecule has 0 unspecified atom stereocenters. The molecule has 3 heterocycles. The van der Waals surface area contributed by atoms with Crippen LogP contribution in [-0.2, 0) is 52.3 Å². The number of hydrogen-bond donors (Lipinski definition) is 5. The summed E-state index contributed by atoms with van der Waals surface area (Å²) in [5.74, 6) is -2.32. The van der Waals surface area contributed by atoms with Gasteiger partial charge in [-0.2, -0.15) is 0 Å². The Labute approximate surface area is 229 Å². The van der Waals surface area contributed by atoms with E-state index >= 15 is 0 Å². The van der Waals surface area contributed by atoms with Crippen molar-refractivity contribution in [1.29, 1.82) is 0 Å². The Bertz CT molecular complexity index is 886. The van der Waals surface area contributed by atoms with E-state index in [0.717, 1.165) is 20.8 Å². The van der Waals surface area contributed by atoms with Crippen LogP contribution in [0.5, 0.6) is 0 Å². The van der Waals surface area contributed by atoms with Crippen LogP contribution in [0.3, 0.4) is 0 Å². The molecule has 0 aromatic rings. The van der Waals surface area contributed by atoms with E-state index < -0.39 is 110 Å². The van der Waals surface area contributed by atoms with Crippen LogP contribution < -0.4 is 0 Å². The van der Waals surface area contributed by atoms with Crippen molar-refractivity contribution in [3.05, 3.63) is 0 Å². The van der Waals surface area contributed by atoms with E-state index in [-0.39, 0.29) is 0 Å². The first-order valence-corrected chi connectivity index (χ1v) is 12.8. The summed E-state index contributed by atoms with van der Waals surface area (Å²) in [7, 11) is 0. The minimum atomic E-state index is -1.77. The minimum absolute atomic E-state index is 0.717. The van der Waals surface area contributed by atoms with Gasteiger partial charge in [0.1, 0.15) is 36.6 Å². The second-order valence-electron chi connectivity index (χ2n) is 10.0. The van der Waals surface area contributed by atoms with Crippen molar-refractivity contribution >= 4 is 17.9 Å². The third kappa shape index (κ3) is 7.25. The summed E-state index contributed by atoms with van der Waals surface area (Å²) in [4.78, 5) is 35.5. The van der Waals surface area contributed by atoms with Gasteiger partial charge in [-0.15, -0.1) is 0 Å². The van der Waals surface area contributed by atoms with Crippen LogP contribution in [0.2, 0.25) is 0 Å². The zero-order chi connectivity index (χ0) is 30.0. The van der Waals surface area contributed by atoms with Gasteiger partial charge in [0.15, 0.2) is 37.2 Å². The molecule has 16 nitrogen and oxygen atoms in total. The Morgan fingerprint density at radius 1 is 0.500 bits per heavy atom. The lowest BCUT2D eigenvalue weighted by Crippen LogP contribution is -2.66. The van der Waals surface area contributed by atoms with Crippen LogP contribution in [0.4, 0.5) is 0 Å². The highest BCUT2D eigenvalue weighted by molar-refractivity contribution is 5.67. The molecule has 40 heavy (non-hydrogen) atoms. The first-order valence-electron chi connectivity index (χ1n) is 12.8. The van der Waals surface area contributed by atoms with Crippen molar-refractivity contribution in [2.24, 2.45) is 0 Å². The molecule has 0 aliphatic carbocycles. The van der Waals surface area contributed by atoms with Crippen LogP contribution in [0.25, 0.3) is 0 Å². The lowest BCUT2D eigenvalue weighted by atomic mass is 9.96. The smallest absolute Gasteiger partial charge is 0.303 e. The van der Waals surface area contributed by atoms with Crippen molar-refractivity contribution < 1.29 is 77.8 Å². The van der Waals surface area contributed by atoms with Gasteiger partial charge in [-0.25, -0.2) is 0 Å². The first kappa shape index (κ1) is 32.5. The molecule has 3 saturated heterocycles. The topological polar surface area (TPSA) is 226 Å². The SMILES string of the molecule is CC(=O)O[C@@H]1[C@@H](O)[C@@H](O)[C@H](O[C@@H]2[C@@H](OC(C)=O)[C@H](C)O[C@@H](O[C@@H]3[C@@H](O)[C@H](C)O[C@@H](O)[C@@H]3O)[C@@H]2OC(C)=O)O[C@H]1C. The molecule has 0 bridgehead atoms. The van der Waals surface area contributed by atoms with Crippen molar-refractivity contribution in [3.63, 3.8) is 0 Å². The van der Waals surface area contributed by atoms with E-state index in [0.29, 0.717) is 0 Å². The fraction of sp³-hybridized carbons (Fsp3) is 0.875. The van der Waals surface area contributed by atoms with E-state index in [9.17, 15) is 39.9 Å². The van der Waals surface area contributed by atoms with Crippen LogP contribution in [-0.4, -0.2) is 136 Å². The van der Waals surface area contributed by atoms with Gasteiger partial charge in [0.2, 0.25) is 0 Å². The predicted octanol–water partition coefficient (Wildman–Crippen LogP) is -2.78. The monoisotopic (exact) mass is 582 g/mol. The molecule has 0 spiro atoms. The molecule has 3 aliphatic heterocycles. The molecular formula is C24H38O16. The fourth-order valence-electron chi connectivity index (χ4n) is 4.86. The number of esters is 3. The highest BCUT2D eigenvalue weighted by atomic mass is 16.8. The van der Waals surface area contributed by atoms with Gasteiger partial charge in [-0.05, 0) is 20.8 Å². The van der Waals surface area contributed by atoms with Crippen LogP contribution in [0, 0.1) is 0 Å². The number of aliphatic hydroxyl groups excluding tert-OH is 5. The lowest BCUT2D eigenvalue weighted by Gasteiger charge is -2.48. The number of carbonyl (C=O) groups is 3. The fourth-order valence-corrected chi connectivity index (χ4v) is 4.86. The quantitative estimate of drug-likeness (QED) is 0.151. The van der Waals surface area contributed by atoms with Gasteiger partial charge in [0, 0.05) is 20.8 Å². The van der Waals surface area contributed by atoms with Crippen LogP contribution in [0.1, 0.15) is 41.5 Å². The van der Waals surface area contributed by atoms with Crippen LogP contribution >= 0.6 is 0 Å². The molecule has 0 radical (unpaired) electrons. The van der Waals surface area contributed by atoms with Gasteiger partial charge >= 0.3 is 17.9 Å². The molecule has 3 aliphatic rings. The normalized spacial score (nSPS) is 45.8.